The van der Waals surface area contributed by atoms with E-state index in [0.29, 0.717) is 11.4 Å². The summed E-state index contributed by atoms with van der Waals surface area (Å²) in [6.45, 7) is 10.1. The van der Waals surface area contributed by atoms with E-state index in [9.17, 15) is 14.4 Å². The molecule has 0 saturated carbocycles. The van der Waals surface area contributed by atoms with E-state index in [0.717, 1.165) is 0 Å². The first-order valence-corrected chi connectivity index (χ1v) is 8.91. The van der Waals surface area contributed by atoms with Crippen LogP contribution in [0.4, 0.5) is 5.69 Å². The Morgan fingerprint density at radius 1 is 0.897 bits per heavy atom. The fourth-order valence-electron chi connectivity index (χ4n) is 2.17. The van der Waals surface area contributed by atoms with Crippen LogP contribution in [-0.4, -0.2) is 24.9 Å². The normalized spacial score (nSPS) is 10.1. The Morgan fingerprint density at radius 3 is 2.00 bits per heavy atom. The zero-order valence-corrected chi connectivity index (χ0v) is 17.1. The Balaban J connectivity index is 2.22. The topological polar surface area (TPSA) is 72.9 Å². The average Bonchev–Trinajstić information content (AvgIpc) is 2.68. The molecule has 2 aromatic carbocycles. The van der Waals surface area contributed by atoms with Gasteiger partial charge in [-0.25, -0.2) is 9.59 Å². The smallest absolute Gasteiger partial charge is 0.338 e. The van der Waals surface area contributed by atoms with Gasteiger partial charge < -0.3 is 14.4 Å². The van der Waals surface area contributed by atoms with Gasteiger partial charge in [0.25, 0.3) is 5.91 Å². The van der Waals surface area contributed by atoms with Crippen molar-refractivity contribution in [2.24, 2.45) is 0 Å². The number of esters is 2. The van der Waals surface area contributed by atoms with Gasteiger partial charge in [0.15, 0.2) is 5.75 Å². The third kappa shape index (κ3) is 5.33. The highest BCUT2D eigenvalue weighted by Gasteiger charge is 2.20. The van der Waals surface area contributed by atoms with Gasteiger partial charge in [-0.2, -0.15) is 0 Å². The number of benzene rings is 2. The second-order valence-electron chi connectivity index (χ2n) is 6.32. The van der Waals surface area contributed by atoms with Gasteiger partial charge in [0.1, 0.15) is 5.75 Å². The van der Waals surface area contributed by atoms with Crippen LogP contribution in [0.25, 0.3) is 0 Å². The van der Waals surface area contributed by atoms with Gasteiger partial charge in [0.2, 0.25) is 0 Å². The molecule has 29 heavy (non-hydrogen) atoms. The number of nitrogens with zero attached hydrogens (tertiary/aromatic N) is 1. The van der Waals surface area contributed by atoms with Gasteiger partial charge in [0.05, 0.1) is 10.6 Å². The zero-order chi connectivity index (χ0) is 21.7. The molecule has 0 bridgehead atoms. The number of amides is 1. The number of halogens is 1. The van der Waals surface area contributed by atoms with Gasteiger partial charge >= 0.3 is 11.9 Å². The van der Waals surface area contributed by atoms with Gasteiger partial charge in [-0.1, -0.05) is 30.8 Å². The number of hydrogen-bond donors (Lipinski definition) is 0. The van der Waals surface area contributed by atoms with E-state index in [1.54, 1.807) is 44.3 Å². The zero-order valence-electron chi connectivity index (χ0n) is 16.3. The number of rotatable bonds is 6. The molecule has 0 saturated heterocycles. The first-order valence-electron chi connectivity index (χ1n) is 8.53. The number of ether oxygens (including phenoxy) is 2. The van der Waals surface area contributed by atoms with E-state index < -0.39 is 17.8 Å². The van der Waals surface area contributed by atoms with E-state index in [-0.39, 0.29) is 27.5 Å². The molecule has 0 aliphatic rings. The van der Waals surface area contributed by atoms with Crippen LogP contribution in [0.1, 0.15) is 24.2 Å². The molecule has 2 aromatic rings. The Kier molecular flexibility index (Phi) is 6.96. The van der Waals surface area contributed by atoms with Crippen molar-refractivity contribution in [1.82, 2.24) is 0 Å². The summed E-state index contributed by atoms with van der Waals surface area (Å²) in [5, 5.41) is 0.0194. The summed E-state index contributed by atoms with van der Waals surface area (Å²) in [6, 6.07) is 11.0. The van der Waals surface area contributed by atoms with Crippen molar-refractivity contribution < 1.29 is 23.9 Å². The largest absolute Gasteiger partial charge is 0.423 e. The van der Waals surface area contributed by atoms with E-state index in [2.05, 4.69) is 13.2 Å². The maximum atomic E-state index is 12.9. The van der Waals surface area contributed by atoms with Crippen LogP contribution in [-0.2, 0) is 9.59 Å². The highest BCUT2D eigenvalue weighted by Crippen LogP contribution is 2.30. The number of hydrogen-bond acceptors (Lipinski definition) is 5. The minimum atomic E-state index is -0.634. The standard InChI is InChI=1S/C22H20ClNO5/c1-13(2)21(26)28-16-11-9-15(10-12-16)24(5)20(25)17-7-6-8-18(19(17)23)29-22(27)14(3)4/h6-12H,1,3H2,2,4-5H3. The van der Waals surface area contributed by atoms with Crippen LogP contribution in [0, 0.1) is 0 Å². The molecule has 7 heteroatoms. The number of anilines is 1. The lowest BCUT2D eigenvalue weighted by Crippen LogP contribution is -2.26. The van der Waals surface area contributed by atoms with Gasteiger partial charge in [-0.15, -0.1) is 0 Å². The summed E-state index contributed by atoms with van der Waals surface area (Å²) in [4.78, 5) is 37.6. The molecule has 0 heterocycles. The monoisotopic (exact) mass is 413 g/mol. The average molecular weight is 414 g/mol. The first-order chi connectivity index (χ1) is 13.6. The molecule has 0 aliphatic heterocycles. The molecule has 2 rings (SSSR count). The summed E-state index contributed by atoms with van der Waals surface area (Å²) in [7, 11) is 1.57. The van der Waals surface area contributed by atoms with E-state index >= 15 is 0 Å². The molecule has 0 N–H and O–H groups in total. The van der Waals surface area contributed by atoms with Crippen LogP contribution in [0.2, 0.25) is 5.02 Å². The van der Waals surface area contributed by atoms with Gasteiger partial charge in [-0.3, -0.25) is 4.79 Å². The van der Waals surface area contributed by atoms with Crippen LogP contribution in [0.5, 0.6) is 11.5 Å². The van der Waals surface area contributed by atoms with Crippen molar-refractivity contribution in [3.63, 3.8) is 0 Å². The lowest BCUT2D eigenvalue weighted by molar-refractivity contribution is -0.130. The SMILES string of the molecule is C=C(C)C(=O)Oc1ccc(N(C)C(=O)c2cccc(OC(=O)C(=C)C)c2Cl)cc1. The van der Waals surface area contributed by atoms with Crippen LogP contribution >= 0.6 is 11.6 Å². The highest BCUT2D eigenvalue weighted by atomic mass is 35.5. The molecule has 0 fully saturated rings. The second kappa shape index (κ2) is 9.21. The first kappa shape index (κ1) is 21.9. The van der Waals surface area contributed by atoms with E-state index in [4.69, 9.17) is 21.1 Å². The fraction of sp³-hybridized carbons (Fsp3) is 0.136. The lowest BCUT2D eigenvalue weighted by atomic mass is 10.1. The molecule has 0 atom stereocenters. The van der Waals surface area contributed by atoms with Gasteiger partial charge in [0, 0.05) is 23.9 Å². The van der Waals surface area contributed by atoms with E-state index in [1.807, 2.05) is 0 Å². The van der Waals surface area contributed by atoms with Crippen LogP contribution in [0.15, 0.2) is 66.8 Å². The molecule has 0 spiro atoms. The molecule has 0 aromatic heterocycles. The third-order valence-corrected chi connectivity index (χ3v) is 4.22. The lowest BCUT2D eigenvalue weighted by Gasteiger charge is -2.19. The van der Waals surface area contributed by atoms with Crippen molar-refractivity contribution in [3.05, 3.63) is 77.4 Å². The molecule has 1 amide bonds. The maximum Gasteiger partial charge on any atom is 0.338 e. The molecule has 0 radical (unpaired) electrons. The predicted molar refractivity (Wildman–Crippen MR) is 112 cm³/mol. The Labute approximate surface area is 174 Å². The summed E-state index contributed by atoms with van der Waals surface area (Å²) in [5.41, 5.74) is 1.20. The summed E-state index contributed by atoms with van der Waals surface area (Å²) in [6.07, 6.45) is 0. The van der Waals surface area contributed by atoms with Crippen LogP contribution in [0.3, 0.4) is 0 Å². The fourth-order valence-corrected chi connectivity index (χ4v) is 2.42. The Hall–Kier alpha value is -3.38. The summed E-state index contributed by atoms with van der Waals surface area (Å²) < 4.78 is 10.3. The number of carbonyl (C=O) groups is 3. The second-order valence-corrected chi connectivity index (χ2v) is 6.69. The molecule has 0 unspecified atom stereocenters. The molecule has 150 valence electrons. The predicted octanol–water partition coefficient (Wildman–Crippen LogP) is 4.58. The highest BCUT2D eigenvalue weighted by molar-refractivity contribution is 6.36. The quantitative estimate of drug-likeness (QED) is 0.393. The van der Waals surface area contributed by atoms with Crippen molar-refractivity contribution >= 4 is 35.1 Å². The van der Waals surface area contributed by atoms with Crippen molar-refractivity contribution in [2.75, 3.05) is 11.9 Å². The van der Waals surface area contributed by atoms with Crippen molar-refractivity contribution in [3.8, 4) is 11.5 Å². The van der Waals surface area contributed by atoms with Crippen LogP contribution < -0.4 is 14.4 Å². The molecular weight excluding hydrogens is 394 g/mol. The van der Waals surface area contributed by atoms with Crippen molar-refractivity contribution in [2.45, 2.75) is 13.8 Å². The van der Waals surface area contributed by atoms with Crippen molar-refractivity contribution in [1.29, 1.82) is 0 Å². The summed E-state index contributed by atoms with van der Waals surface area (Å²) in [5.74, 6) is -1.18. The van der Waals surface area contributed by atoms with E-state index in [1.165, 1.54) is 24.0 Å². The minimum Gasteiger partial charge on any atom is -0.423 e. The maximum absolute atomic E-state index is 12.9. The summed E-state index contributed by atoms with van der Waals surface area (Å²) >= 11 is 6.28. The molecular formula is C22H20ClNO5. The Bertz CT molecular complexity index is 995. The molecule has 0 aliphatic carbocycles. The third-order valence-electron chi connectivity index (χ3n) is 3.83. The van der Waals surface area contributed by atoms with Gasteiger partial charge in [-0.05, 0) is 50.2 Å². The number of carbonyl (C=O) groups excluding carboxylic acids is 3. The Morgan fingerprint density at radius 2 is 1.45 bits per heavy atom. The minimum absolute atomic E-state index is 0.0194. The molecule has 6 nitrogen and oxygen atoms in total.